The van der Waals surface area contributed by atoms with Crippen LogP contribution in [0.1, 0.15) is 25.5 Å². The summed E-state index contributed by atoms with van der Waals surface area (Å²) < 4.78 is 5.49. The fourth-order valence-corrected chi connectivity index (χ4v) is 3.26. The number of ether oxygens (including phenoxy) is 1. The maximum Gasteiger partial charge on any atom is 0.125 e. The van der Waals surface area contributed by atoms with Crippen molar-refractivity contribution in [3.63, 3.8) is 0 Å². The molecule has 1 aliphatic rings. The summed E-state index contributed by atoms with van der Waals surface area (Å²) >= 11 is 0. The van der Waals surface area contributed by atoms with Crippen LogP contribution in [0.2, 0.25) is 0 Å². The van der Waals surface area contributed by atoms with Crippen LogP contribution in [-0.2, 0) is 0 Å². The molecule has 4 nitrogen and oxygen atoms in total. The molecule has 2 rings (SSSR count). The highest BCUT2D eigenvalue weighted by Crippen LogP contribution is 2.36. The number of benzene rings is 1. The van der Waals surface area contributed by atoms with Gasteiger partial charge in [0, 0.05) is 36.4 Å². The van der Waals surface area contributed by atoms with Gasteiger partial charge in [0.15, 0.2) is 0 Å². The quantitative estimate of drug-likeness (QED) is 0.915. The third-order valence-corrected chi connectivity index (χ3v) is 4.30. The third kappa shape index (κ3) is 2.76. The summed E-state index contributed by atoms with van der Waals surface area (Å²) in [6, 6.07) is 6.75. The van der Waals surface area contributed by atoms with Crippen molar-refractivity contribution in [3.05, 3.63) is 23.8 Å². The standard InChI is InChI=1S/C16H27N3O/c1-11-9-19(10-14(11)18(3)4)13-7-6-8-15(20-5)16(13)12(2)17/h6-8,11-12,14H,9-10,17H2,1-5H3/t11?,12-,14?/m1/s1. The summed E-state index contributed by atoms with van der Waals surface area (Å²) in [6.45, 7) is 6.44. The first-order chi connectivity index (χ1) is 9.45. The number of anilines is 1. The molecule has 0 aliphatic carbocycles. The SMILES string of the molecule is COc1cccc(N2CC(C)C(N(C)C)C2)c1[C@@H](C)N. The molecule has 0 bridgehead atoms. The molecule has 112 valence electrons. The summed E-state index contributed by atoms with van der Waals surface area (Å²) in [4.78, 5) is 4.76. The lowest BCUT2D eigenvalue weighted by molar-refractivity contribution is 0.266. The molecule has 3 atom stereocenters. The van der Waals surface area contributed by atoms with Crippen molar-refractivity contribution in [2.75, 3.05) is 39.2 Å². The first-order valence-electron chi connectivity index (χ1n) is 7.29. The van der Waals surface area contributed by atoms with Crippen molar-refractivity contribution in [2.24, 2.45) is 11.7 Å². The molecule has 1 aliphatic heterocycles. The minimum atomic E-state index is -0.0325. The molecule has 2 unspecified atom stereocenters. The van der Waals surface area contributed by atoms with Crippen LogP contribution in [0, 0.1) is 5.92 Å². The predicted octanol–water partition coefficient (Wildman–Crippen LogP) is 2.10. The van der Waals surface area contributed by atoms with E-state index in [1.807, 2.05) is 19.1 Å². The Balaban J connectivity index is 2.34. The van der Waals surface area contributed by atoms with Gasteiger partial charge in [0.05, 0.1) is 7.11 Å². The normalized spacial score (nSPS) is 24.2. The maximum absolute atomic E-state index is 6.17. The first kappa shape index (κ1) is 15.1. The molecule has 20 heavy (non-hydrogen) atoms. The molecule has 0 radical (unpaired) electrons. The van der Waals surface area contributed by atoms with Gasteiger partial charge in [0.25, 0.3) is 0 Å². The second kappa shape index (κ2) is 6.02. The third-order valence-electron chi connectivity index (χ3n) is 4.30. The van der Waals surface area contributed by atoms with E-state index in [0.717, 1.165) is 24.4 Å². The lowest BCUT2D eigenvalue weighted by Gasteiger charge is -2.26. The number of hydrogen-bond donors (Lipinski definition) is 1. The van der Waals surface area contributed by atoms with E-state index in [9.17, 15) is 0 Å². The molecule has 4 heteroatoms. The van der Waals surface area contributed by atoms with Gasteiger partial charge in [0.1, 0.15) is 5.75 Å². The Hall–Kier alpha value is -1.26. The fraction of sp³-hybridized carbons (Fsp3) is 0.625. The molecule has 2 N–H and O–H groups in total. The molecule has 1 heterocycles. The zero-order chi connectivity index (χ0) is 14.9. The van der Waals surface area contributed by atoms with Gasteiger partial charge in [-0.15, -0.1) is 0 Å². The van der Waals surface area contributed by atoms with E-state index >= 15 is 0 Å². The van der Waals surface area contributed by atoms with Gasteiger partial charge < -0.3 is 20.3 Å². The highest BCUT2D eigenvalue weighted by Gasteiger charge is 2.32. The van der Waals surface area contributed by atoms with Crippen molar-refractivity contribution in [1.29, 1.82) is 0 Å². The summed E-state index contributed by atoms with van der Waals surface area (Å²) in [5, 5.41) is 0. The Morgan fingerprint density at radius 1 is 1.35 bits per heavy atom. The fourth-order valence-electron chi connectivity index (χ4n) is 3.26. The lowest BCUT2D eigenvalue weighted by atomic mass is 10.0. The molecule has 0 aromatic heterocycles. The van der Waals surface area contributed by atoms with Crippen LogP contribution in [0.15, 0.2) is 18.2 Å². The highest BCUT2D eigenvalue weighted by molar-refractivity contribution is 5.61. The van der Waals surface area contributed by atoms with Gasteiger partial charge >= 0.3 is 0 Å². The van der Waals surface area contributed by atoms with Crippen molar-refractivity contribution < 1.29 is 4.74 Å². The van der Waals surface area contributed by atoms with Crippen molar-refractivity contribution in [1.82, 2.24) is 4.90 Å². The monoisotopic (exact) mass is 277 g/mol. The van der Waals surface area contributed by atoms with E-state index in [2.05, 4.69) is 36.9 Å². The van der Waals surface area contributed by atoms with E-state index in [1.54, 1.807) is 7.11 Å². The van der Waals surface area contributed by atoms with E-state index in [-0.39, 0.29) is 6.04 Å². The van der Waals surface area contributed by atoms with Crippen molar-refractivity contribution >= 4 is 5.69 Å². The molecule has 1 fully saturated rings. The molecule has 1 aromatic carbocycles. The summed E-state index contributed by atoms with van der Waals surface area (Å²) in [5.74, 6) is 1.54. The Labute approximate surface area is 122 Å². The van der Waals surface area contributed by atoms with Crippen LogP contribution in [0.4, 0.5) is 5.69 Å². The second-order valence-electron chi connectivity index (χ2n) is 6.09. The smallest absolute Gasteiger partial charge is 0.125 e. The number of methoxy groups -OCH3 is 1. The number of rotatable bonds is 4. The van der Waals surface area contributed by atoms with Gasteiger partial charge in [-0.2, -0.15) is 0 Å². The minimum Gasteiger partial charge on any atom is -0.496 e. The Morgan fingerprint density at radius 2 is 2.05 bits per heavy atom. The molecule has 0 amide bonds. The number of nitrogens with two attached hydrogens (primary N) is 1. The van der Waals surface area contributed by atoms with Crippen LogP contribution in [0.3, 0.4) is 0 Å². The van der Waals surface area contributed by atoms with E-state index in [1.165, 1.54) is 5.69 Å². The van der Waals surface area contributed by atoms with Crippen LogP contribution in [0.25, 0.3) is 0 Å². The van der Waals surface area contributed by atoms with Crippen LogP contribution < -0.4 is 15.4 Å². The Morgan fingerprint density at radius 3 is 2.55 bits per heavy atom. The first-order valence-corrected chi connectivity index (χ1v) is 7.29. The van der Waals surface area contributed by atoms with Gasteiger partial charge in [-0.1, -0.05) is 13.0 Å². The van der Waals surface area contributed by atoms with Crippen molar-refractivity contribution in [3.8, 4) is 5.75 Å². The molecular weight excluding hydrogens is 250 g/mol. The van der Waals surface area contributed by atoms with Crippen molar-refractivity contribution in [2.45, 2.75) is 25.9 Å². The lowest BCUT2D eigenvalue weighted by Crippen LogP contribution is -2.34. The maximum atomic E-state index is 6.17. The Kier molecular flexibility index (Phi) is 4.55. The number of nitrogens with zero attached hydrogens (tertiary/aromatic N) is 2. The minimum absolute atomic E-state index is 0.0325. The van der Waals surface area contributed by atoms with E-state index in [4.69, 9.17) is 10.5 Å². The topological polar surface area (TPSA) is 41.7 Å². The van der Waals surface area contributed by atoms with Crippen LogP contribution >= 0.6 is 0 Å². The van der Waals surface area contributed by atoms with Crippen LogP contribution in [0.5, 0.6) is 5.75 Å². The van der Waals surface area contributed by atoms with Gasteiger partial charge in [-0.25, -0.2) is 0 Å². The molecule has 1 aromatic rings. The predicted molar refractivity (Wildman–Crippen MR) is 84.4 cm³/mol. The zero-order valence-corrected chi connectivity index (χ0v) is 13.3. The number of hydrogen-bond acceptors (Lipinski definition) is 4. The van der Waals surface area contributed by atoms with Gasteiger partial charge in [0.2, 0.25) is 0 Å². The summed E-state index contributed by atoms with van der Waals surface area (Å²) in [6.07, 6.45) is 0. The van der Waals surface area contributed by atoms with E-state index < -0.39 is 0 Å². The average molecular weight is 277 g/mol. The molecule has 0 spiro atoms. The highest BCUT2D eigenvalue weighted by atomic mass is 16.5. The van der Waals surface area contributed by atoms with E-state index in [0.29, 0.717) is 12.0 Å². The second-order valence-corrected chi connectivity index (χ2v) is 6.09. The molecular formula is C16H27N3O. The van der Waals surface area contributed by atoms with Gasteiger partial charge in [-0.3, -0.25) is 0 Å². The molecule has 1 saturated heterocycles. The average Bonchev–Trinajstić information content (AvgIpc) is 2.79. The largest absolute Gasteiger partial charge is 0.496 e. The Bertz CT molecular complexity index is 459. The summed E-state index contributed by atoms with van der Waals surface area (Å²) in [7, 11) is 6.02. The summed E-state index contributed by atoms with van der Waals surface area (Å²) in [5.41, 5.74) is 8.50. The van der Waals surface area contributed by atoms with Crippen LogP contribution in [-0.4, -0.2) is 45.2 Å². The number of likely N-dealkylation sites (N-methyl/N-ethyl adjacent to an activating group) is 1. The molecule has 0 saturated carbocycles. The zero-order valence-electron chi connectivity index (χ0n) is 13.3. The van der Waals surface area contributed by atoms with Gasteiger partial charge in [-0.05, 0) is 39.1 Å².